The van der Waals surface area contributed by atoms with Crippen molar-refractivity contribution in [1.29, 1.82) is 0 Å². The first kappa shape index (κ1) is 22.1. The van der Waals surface area contributed by atoms with E-state index in [1.54, 1.807) is 30.2 Å². The number of hydrogen-bond donors (Lipinski definition) is 1. The molecule has 5 rings (SSSR count). The van der Waals surface area contributed by atoms with E-state index in [0.29, 0.717) is 19.8 Å². The normalized spacial score (nSPS) is 18.3. The van der Waals surface area contributed by atoms with Gasteiger partial charge in [0.2, 0.25) is 0 Å². The molecular weight excluding hydrogens is 446 g/mol. The van der Waals surface area contributed by atoms with Gasteiger partial charge in [-0.1, -0.05) is 11.8 Å². The fourth-order valence-electron chi connectivity index (χ4n) is 4.36. The lowest BCUT2D eigenvalue weighted by atomic mass is 9.90. The van der Waals surface area contributed by atoms with Crippen molar-refractivity contribution >= 4 is 55.2 Å². The Bertz CT molecular complexity index is 1140. The van der Waals surface area contributed by atoms with Crippen LogP contribution in [0.5, 0.6) is 0 Å². The summed E-state index contributed by atoms with van der Waals surface area (Å²) in [6, 6.07) is 0. The molecule has 0 bridgehead atoms. The summed E-state index contributed by atoms with van der Waals surface area (Å²) in [6.45, 7) is 9.33. The van der Waals surface area contributed by atoms with Crippen molar-refractivity contribution < 1.29 is 14.2 Å². The first-order valence-electron chi connectivity index (χ1n) is 10.9. The molecule has 1 saturated heterocycles. The van der Waals surface area contributed by atoms with Gasteiger partial charge in [0.1, 0.15) is 16.5 Å². The molecule has 2 aliphatic rings. The molecule has 0 spiro atoms. The minimum absolute atomic E-state index is 0.229. The molecule has 0 unspecified atom stereocenters. The Labute approximate surface area is 196 Å². The molecular formula is C22H29N5O3S2. The van der Waals surface area contributed by atoms with Crippen LogP contribution in [0.15, 0.2) is 5.16 Å². The number of nitrogens with zero attached hydrogens (tertiary/aromatic N) is 4. The second-order valence-electron chi connectivity index (χ2n) is 8.66. The van der Waals surface area contributed by atoms with Gasteiger partial charge in [0, 0.05) is 44.1 Å². The number of methoxy groups -OCH3 is 1. The zero-order valence-electron chi connectivity index (χ0n) is 19.0. The molecule has 1 fully saturated rings. The molecule has 0 saturated carbocycles. The fourth-order valence-corrected chi connectivity index (χ4v) is 5.83. The van der Waals surface area contributed by atoms with Crippen molar-refractivity contribution in [2.24, 2.45) is 0 Å². The van der Waals surface area contributed by atoms with E-state index < -0.39 is 0 Å². The lowest BCUT2D eigenvalue weighted by molar-refractivity contribution is -0.0396. The molecule has 172 valence electrons. The molecule has 3 aromatic rings. The van der Waals surface area contributed by atoms with Crippen LogP contribution in [-0.4, -0.2) is 73.4 Å². The first-order chi connectivity index (χ1) is 15.5. The van der Waals surface area contributed by atoms with Gasteiger partial charge in [-0.15, -0.1) is 11.3 Å². The molecule has 8 nitrogen and oxygen atoms in total. The van der Waals surface area contributed by atoms with Gasteiger partial charge >= 0.3 is 0 Å². The van der Waals surface area contributed by atoms with Crippen LogP contribution in [0.25, 0.3) is 20.4 Å². The van der Waals surface area contributed by atoms with Crippen LogP contribution in [0.4, 0.5) is 11.6 Å². The Morgan fingerprint density at radius 3 is 2.75 bits per heavy atom. The number of pyridine rings is 1. The third kappa shape index (κ3) is 4.03. The number of rotatable bonds is 6. The standard InChI is InChI=1S/C22H29N5O3S2/c1-22(2)11-13-14(12-30-22)19(27-6-9-29-10-7-27)26-20-15(13)16-17(32-20)18(23-5-8-28-3)25-21(24-16)31-4/h5-12H2,1-4H3,(H,23,24,25). The van der Waals surface area contributed by atoms with E-state index in [4.69, 9.17) is 29.2 Å². The third-order valence-electron chi connectivity index (χ3n) is 5.94. The number of anilines is 2. The monoisotopic (exact) mass is 475 g/mol. The zero-order valence-corrected chi connectivity index (χ0v) is 20.6. The molecule has 0 atom stereocenters. The Balaban J connectivity index is 1.74. The summed E-state index contributed by atoms with van der Waals surface area (Å²) in [5, 5.41) is 5.35. The van der Waals surface area contributed by atoms with E-state index >= 15 is 0 Å². The molecule has 0 amide bonds. The number of morpholine rings is 1. The predicted molar refractivity (Wildman–Crippen MR) is 130 cm³/mol. The smallest absolute Gasteiger partial charge is 0.189 e. The number of nitrogens with one attached hydrogen (secondary N) is 1. The number of thioether (sulfide) groups is 1. The largest absolute Gasteiger partial charge is 0.383 e. The van der Waals surface area contributed by atoms with Gasteiger partial charge in [-0.3, -0.25) is 0 Å². The molecule has 0 radical (unpaired) electrons. The molecule has 1 N–H and O–H groups in total. The Morgan fingerprint density at radius 1 is 1.19 bits per heavy atom. The second kappa shape index (κ2) is 8.90. The maximum atomic E-state index is 6.24. The molecule has 3 aromatic heterocycles. The summed E-state index contributed by atoms with van der Waals surface area (Å²) < 4.78 is 18.1. The molecule has 2 aliphatic heterocycles. The van der Waals surface area contributed by atoms with Gasteiger partial charge in [0.25, 0.3) is 0 Å². The summed E-state index contributed by atoms with van der Waals surface area (Å²) in [4.78, 5) is 18.2. The van der Waals surface area contributed by atoms with Crippen molar-refractivity contribution in [3.8, 4) is 0 Å². The highest BCUT2D eigenvalue weighted by molar-refractivity contribution is 7.98. The summed E-state index contributed by atoms with van der Waals surface area (Å²) >= 11 is 3.23. The molecule has 5 heterocycles. The van der Waals surface area contributed by atoms with Crippen molar-refractivity contribution in [2.45, 2.75) is 37.6 Å². The summed E-state index contributed by atoms with van der Waals surface area (Å²) in [5.74, 6) is 1.89. The van der Waals surface area contributed by atoms with Crippen molar-refractivity contribution in [3.63, 3.8) is 0 Å². The van der Waals surface area contributed by atoms with Crippen LogP contribution >= 0.6 is 23.1 Å². The highest BCUT2D eigenvalue weighted by Gasteiger charge is 2.33. The molecule has 0 aromatic carbocycles. The van der Waals surface area contributed by atoms with Gasteiger partial charge in [-0.05, 0) is 25.7 Å². The predicted octanol–water partition coefficient (Wildman–Crippen LogP) is 3.71. The quantitative estimate of drug-likeness (QED) is 0.326. The molecule has 32 heavy (non-hydrogen) atoms. The zero-order chi connectivity index (χ0) is 22.3. The van der Waals surface area contributed by atoms with Crippen molar-refractivity contribution in [2.75, 3.05) is 63.0 Å². The SMILES string of the molecule is COCCNc1nc(SC)nc2c1sc1nc(N3CCOCC3)c3c(c12)CC(C)(C)OC3. The Hall–Kier alpha value is -1.72. The molecule has 10 heteroatoms. The minimum atomic E-state index is -0.229. The summed E-state index contributed by atoms with van der Waals surface area (Å²) in [5.41, 5.74) is 3.26. The van der Waals surface area contributed by atoms with Crippen LogP contribution in [0, 0.1) is 0 Å². The van der Waals surface area contributed by atoms with Crippen molar-refractivity contribution in [1.82, 2.24) is 15.0 Å². The van der Waals surface area contributed by atoms with Crippen LogP contribution in [0.3, 0.4) is 0 Å². The lowest BCUT2D eigenvalue weighted by Crippen LogP contribution is -2.39. The fraction of sp³-hybridized carbons (Fsp3) is 0.591. The number of fused-ring (bicyclic) bond motifs is 5. The average Bonchev–Trinajstić information content (AvgIpc) is 3.17. The number of hydrogen-bond acceptors (Lipinski definition) is 10. The van der Waals surface area contributed by atoms with Crippen LogP contribution in [0.1, 0.15) is 25.0 Å². The van der Waals surface area contributed by atoms with E-state index in [1.165, 1.54) is 11.1 Å². The van der Waals surface area contributed by atoms with Crippen molar-refractivity contribution in [3.05, 3.63) is 11.1 Å². The Kier molecular flexibility index (Phi) is 6.15. The van der Waals surface area contributed by atoms with Gasteiger partial charge in [0.05, 0.1) is 42.2 Å². The van der Waals surface area contributed by atoms with E-state index in [1.807, 2.05) is 6.26 Å². The van der Waals surface area contributed by atoms with E-state index in [9.17, 15) is 0 Å². The van der Waals surface area contributed by atoms with Gasteiger partial charge in [0.15, 0.2) is 5.16 Å². The summed E-state index contributed by atoms with van der Waals surface area (Å²) in [7, 11) is 1.71. The number of thiophene rings is 1. The van der Waals surface area contributed by atoms with Gasteiger partial charge < -0.3 is 24.4 Å². The highest BCUT2D eigenvalue weighted by atomic mass is 32.2. The van der Waals surface area contributed by atoms with Crippen LogP contribution in [-0.2, 0) is 27.2 Å². The van der Waals surface area contributed by atoms with E-state index in [0.717, 1.165) is 69.9 Å². The van der Waals surface area contributed by atoms with Gasteiger partial charge in [-0.25, -0.2) is 15.0 Å². The number of ether oxygens (including phenoxy) is 3. The highest BCUT2D eigenvalue weighted by Crippen LogP contribution is 2.44. The maximum absolute atomic E-state index is 6.24. The van der Waals surface area contributed by atoms with Crippen LogP contribution in [0.2, 0.25) is 0 Å². The maximum Gasteiger partial charge on any atom is 0.189 e. The summed E-state index contributed by atoms with van der Waals surface area (Å²) in [6.07, 6.45) is 2.84. The third-order valence-corrected chi connectivity index (χ3v) is 7.57. The first-order valence-corrected chi connectivity index (χ1v) is 12.9. The van der Waals surface area contributed by atoms with Gasteiger partial charge in [-0.2, -0.15) is 0 Å². The minimum Gasteiger partial charge on any atom is -0.383 e. The second-order valence-corrected chi connectivity index (χ2v) is 10.4. The van der Waals surface area contributed by atoms with E-state index in [-0.39, 0.29) is 5.60 Å². The van der Waals surface area contributed by atoms with Crippen LogP contribution < -0.4 is 10.2 Å². The average molecular weight is 476 g/mol. The Morgan fingerprint density at radius 2 is 2.00 bits per heavy atom. The number of aromatic nitrogens is 3. The topological polar surface area (TPSA) is 81.6 Å². The lowest BCUT2D eigenvalue weighted by Gasteiger charge is -2.36. The van der Waals surface area contributed by atoms with E-state index in [2.05, 4.69) is 24.1 Å². The molecule has 0 aliphatic carbocycles.